The fourth-order valence-electron chi connectivity index (χ4n) is 1.80. The summed E-state index contributed by atoms with van der Waals surface area (Å²) in [7, 11) is 1.75. The molecule has 0 unspecified atom stereocenters. The molecule has 0 spiro atoms. The Bertz CT molecular complexity index is 588. The second-order valence-electron chi connectivity index (χ2n) is 4.31. The van der Waals surface area contributed by atoms with Gasteiger partial charge in [-0.2, -0.15) is 13.2 Å². The Kier molecular flexibility index (Phi) is 3.79. The van der Waals surface area contributed by atoms with Crippen LogP contribution >= 0.6 is 0 Å². The third-order valence-electron chi connectivity index (χ3n) is 3.00. The summed E-state index contributed by atoms with van der Waals surface area (Å²) in [4.78, 5) is 12.3. The molecular weight excluding hydrogens is 267 g/mol. The van der Waals surface area contributed by atoms with Crippen LogP contribution in [-0.2, 0) is 6.18 Å². The maximum Gasteiger partial charge on any atom is 0.416 e. The summed E-state index contributed by atoms with van der Waals surface area (Å²) in [5.74, 6) is 0. The predicted octanol–water partition coefficient (Wildman–Crippen LogP) is 4.29. The highest BCUT2D eigenvalue weighted by Crippen LogP contribution is 2.31. The minimum Gasteiger partial charge on any atom is -0.345 e. The van der Waals surface area contributed by atoms with Gasteiger partial charge in [0.2, 0.25) is 0 Å². The first-order valence-electron chi connectivity index (χ1n) is 5.88. The van der Waals surface area contributed by atoms with Crippen molar-refractivity contribution in [1.29, 1.82) is 0 Å². The molecule has 0 saturated carbocycles. The van der Waals surface area contributed by atoms with Crippen LogP contribution in [0.3, 0.4) is 0 Å². The summed E-state index contributed by atoms with van der Waals surface area (Å²) in [6.45, 7) is 0. The highest BCUT2D eigenvalue weighted by atomic mass is 19.4. The molecule has 2 rings (SSSR count). The number of halogens is 3. The fourth-order valence-corrected chi connectivity index (χ4v) is 1.80. The average Bonchev–Trinajstić information content (AvgIpc) is 2.46. The number of hydrogen-bond donors (Lipinski definition) is 0. The van der Waals surface area contributed by atoms with E-state index in [1.807, 2.05) is 0 Å². The first-order valence-corrected chi connectivity index (χ1v) is 5.88. The molecule has 0 heterocycles. The Balaban J connectivity index is 2.24. The molecule has 0 atom stereocenters. The van der Waals surface area contributed by atoms with Crippen LogP contribution in [0.25, 0.3) is 0 Å². The number of carbonyl (C=O) groups is 1. The molecule has 2 nitrogen and oxygen atoms in total. The first kappa shape index (κ1) is 14.1. The number of hydrogen-bond acceptors (Lipinski definition) is 2. The lowest BCUT2D eigenvalue weighted by Gasteiger charge is -2.20. The van der Waals surface area contributed by atoms with Crippen LogP contribution in [0.4, 0.5) is 24.5 Å². The molecule has 0 saturated heterocycles. The van der Waals surface area contributed by atoms with Gasteiger partial charge < -0.3 is 4.90 Å². The number of benzene rings is 2. The summed E-state index contributed by atoms with van der Waals surface area (Å²) in [5.41, 5.74) is 1.30. The number of carbonyl (C=O) groups excluding carboxylic acids is 1. The molecule has 104 valence electrons. The number of anilines is 2. The zero-order valence-electron chi connectivity index (χ0n) is 10.7. The van der Waals surface area contributed by atoms with E-state index in [0.29, 0.717) is 11.3 Å². The zero-order valence-corrected chi connectivity index (χ0v) is 10.7. The Morgan fingerprint density at radius 1 is 0.900 bits per heavy atom. The molecule has 0 radical (unpaired) electrons. The normalized spacial score (nSPS) is 11.2. The molecule has 5 heteroatoms. The predicted molar refractivity (Wildman–Crippen MR) is 71.3 cm³/mol. The number of nitrogens with zero attached hydrogens (tertiary/aromatic N) is 1. The highest BCUT2D eigenvalue weighted by molar-refractivity contribution is 5.76. The van der Waals surface area contributed by atoms with E-state index in [9.17, 15) is 18.0 Å². The number of alkyl halides is 3. The van der Waals surface area contributed by atoms with Gasteiger partial charge in [-0.05, 0) is 48.5 Å². The number of aldehydes is 1. The molecule has 2 aromatic carbocycles. The summed E-state index contributed by atoms with van der Waals surface area (Å²) >= 11 is 0. The van der Waals surface area contributed by atoms with E-state index in [1.54, 1.807) is 36.2 Å². The Labute approximate surface area is 114 Å². The molecule has 0 amide bonds. The van der Waals surface area contributed by atoms with Crippen molar-refractivity contribution >= 4 is 17.7 Å². The van der Waals surface area contributed by atoms with Gasteiger partial charge in [-0.15, -0.1) is 0 Å². The zero-order chi connectivity index (χ0) is 14.8. The second-order valence-corrected chi connectivity index (χ2v) is 4.31. The number of rotatable bonds is 3. The van der Waals surface area contributed by atoms with Crippen molar-refractivity contribution in [3.8, 4) is 0 Å². The summed E-state index contributed by atoms with van der Waals surface area (Å²) in [6.07, 6.45) is -3.59. The molecule has 0 bridgehead atoms. The largest absolute Gasteiger partial charge is 0.416 e. The lowest BCUT2D eigenvalue weighted by atomic mass is 10.1. The Morgan fingerprint density at radius 2 is 1.35 bits per heavy atom. The van der Waals surface area contributed by atoms with Crippen molar-refractivity contribution in [1.82, 2.24) is 0 Å². The topological polar surface area (TPSA) is 20.3 Å². The van der Waals surface area contributed by atoms with Crippen molar-refractivity contribution < 1.29 is 18.0 Å². The molecule has 20 heavy (non-hydrogen) atoms. The van der Waals surface area contributed by atoms with E-state index in [2.05, 4.69) is 0 Å². The first-order chi connectivity index (χ1) is 9.41. The highest BCUT2D eigenvalue weighted by Gasteiger charge is 2.30. The second kappa shape index (κ2) is 5.36. The van der Waals surface area contributed by atoms with Crippen molar-refractivity contribution in [2.45, 2.75) is 6.18 Å². The van der Waals surface area contributed by atoms with Crippen LogP contribution < -0.4 is 4.90 Å². The van der Waals surface area contributed by atoms with Crippen LogP contribution in [0, 0.1) is 0 Å². The molecule has 2 aromatic rings. The van der Waals surface area contributed by atoms with Gasteiger partial charge in [0.25, 0.3) is 0 Å². The Hall–Kier alpha value is -2.30. The van der Waals surface area contributed by atoms with E-state index in [1.165, 1.54) is 12.1 Å². The lowest BCUT2D eigenvalue weighted by molar-refractivity contribution is -0.137. The molecule has 0 fully saturated rings. The molecule has 0 aliphatic rings. The van der Waals surface area contributed by atoms with Crippen molar-refractivity contribution in [2.24, 2.45) is 0 Å². The lowest BCUT2D eigenvalue weighted by Crippen LogP contribution is -2.10. The molecule has 0 N–H and O–H groups in total. The van der Waals surface area contributed by atoms with E-state index in [4.69, 9.17) is 0 Å². The SMILES string of the molecule is CN(c1ccc(C=O)cc1)c1ccc(C(F)(F)F)cc1. The quantitative estimate of drug-likeness (QED) is 0.781. The van der Waals surface area contributed by atoms with Gasteiger partial charge in [-0.3, -0.25) is 4.79 Å². The maximum absolute atomic E-state index is 12.5. The van der Waals surface area contributed by atoms with Gasteiger partial charge >= 0.3 is 6.18 Å². The van der Waals surface area contributed by atoms with E-state index in [0.717, 1.165) is 24.1 Å². The van der Waals surface area contributed by atoms with Crippen molar-refractivity contribution in [2.75, 3.05) is 11.9 Å². The van der Waals surface area contributed by atoms with Crippen LogP contribution in [0.2, 0.25) is 0 Å². The molecule has 0 aliphatic heterocycles. The van der Waals surface area contributed by atoms with Gasteiger partial charge in [-0.25, -0.2) is 0 Å². The third-order valence-corrected chi connectivity index (χ3v) is 3.00. The van der Waals surface area contributed by atoms with Crippen LogP contribution in [0.5, 0.6) is 0 Å². The van der Waals surface area contributed by atoms with E-state index in [-0.39, 0.29) is 0 Å². The monoisotopic (exact) mass is 279 g/mol. The minimum atomic E-state index is -4.33. The smallest absolute Gasteiger partial charge is 0.345 e. The van der Waals surface area contributed by atoms with Gasteiger partial charge in [0.05, 0.1) is 5.56 Å². The summed E-state index contributed by atoms with van der Waals surface area (Å²) in [5, 5.41) is 0. The van der Waals surface area contributed by atoms with E-state index >= 15 is 0 Å². The van der Waals surface area contributed by atoms with Crippen LogP contribution in [-0.4, -0.2) is 13.3 Å². The average molecular weight is 279 g/mol. The standard InChI is InChI=1S/C15H12F3NO/c1-19(13-6-2-11(10-20)3-7-13)14-8-4-12(5-9-14)15(16,17)18/h2-10H,1H3. The molecule has 0 aromatic heterocycles. The van der Waals surface area contributed by atoms with Gasteiger partial charge in [0, 0.05) is 24.0 Å². The maximum atomic E-state index is 12.5. The minimum absolute atomic E-state index is 0.551. The van der Waals surface area contributed by atoms with Crippen molar-refractivity contribution in [3.05, 3.63) is 59.7 Å². The van der Waals surface area contributed by atoms with Gasteiger partial charge in [-0.1, -0.05) is 0 Å². The fraction of sp³-hybridized carbons (Fsp3) is 0.133. The van der Waals surface area contributed by atoms with Crippen LogP contribution in [0.1, 0.15) is 15.9 Å². The summed E-state index contributed by atoms with van der Waals surface area (Å²) in [6, 6.07) is 11.7. The van der Waals surface area contributed by atoms with Crippen LogP contribution in [0.15, 0.2) is 48.5 Å². The third kappa shape index (κ3) is 2.99. The van der Waals surface area contributed by atoms with Gasteiger partial charge in [0.1, 0.15) is 6.29 Å². The molecular formula is C15H12F3NO. The van der Waals surface area contributed by atoms with Gasteiger partial charge in [0.15, 0.2) is 0 Å². The Morgan fingerprint density at radius 3 is 1.75 bits per heavy atom. The van der Waals surface area contributed by atoms with Crippen molar-refractivity contribution in [3.63, 3.8) is 0 Å². The molecule has 0 aliphatic carbocycles. The van der Waals surface area contributed by atoms with E-state index < -0.39 is 11.7 Å². The summed E-state index contributed by atoms with van der Waals surface area (Å²) < 4.78 is 37.4.